The van der Waals surface area contributed by atoms with Crippen LogP contribution in [0.4, 0.5) is 5.69 Å². The number of piperidine rings is 1. The van der Waals surface area contributed by atoms with E-state index in [1.165, 1.54) is 12.1 Å². The van der Waals surface area contributed by atoms with Crippen LogP contribution in [0.1, 0.15) is 12.8 Å². The van der Waals surface area contributed by atoms with Gasteiger partial charge in [-0.3, -0.25) is 4.79 Å². The molecule has 2 rings (SSSR count). The lowest BCUT2D eigenvalue weighted by Gasteiger charge is -2.22. The van der Waals surface area contributed by atoms with Crippen molar-refractivity contribution in [3.05, 3.63) is 24.3 Å². The van der Waals surface area contributed by atoms with Gasteiger partial charge in [-0.05, 0) is 44.1 Å². The maximum Gasteiger partial charge on any atom is 0.250 e. The van der Waals surface area contributed by atoms with E-state index < -0.39 is 9.84 Å². The molecule has 0 aromatic heterocycles. The van der Waals surface area contributed by atoms with E-state index in [0.717, 1.165) is 32.2 Å². The quantitative estimate of drug-likeness (QED) is 0.840. The van der Waals surface area contributed by atoms with Gasteiger partial charge < -0.3 is 15.4 Å². The number of hydrogen-bond donors (Lipinski definition) is 2. The number of ether oxygens (including phenoxy) is 1. The van der Waals surface area contributed by atoms with Crippen molar-refractivity contribution in [2.45, 2.75) is 23.8 Å². The Morgan fingerprint density at radius 3 is 2.76 bits per heavy atom. The van der Waals surface area contributed by atoms with Gasteiger partial charge >= 0.3 is 0 Å². The number of sulfone groups is 1. The summed E-state index contributed by atoms with van der Waals surface area (Å²) in [5.41, 5.74) is 0.455. The van der Waals surface area contributed by atoms with Gasteiger partial charge in [0.2, 0.25) is 5.91 Å². The van der Waals surface area contributed by atoms with Gasteiger partial charge in [0, 0.05) is 11.9 Å². The Morgan fingerprint density at radius 2 is 2.10 bits per heavy atom. The second-order valence-corrected chi connectivity index (χ2v) is 7.12. The normalized spacial score (nSPS) is 16.6. The van der Waals surface area contributed by atoms with Crippen molar-refractivity contribution in [3.63, 3.8) is 0 Å². The maximum absolute atomic E-state index is 11.8. The first-order valence-electron chi connectivity index (χ1n) is 6.87. The standard InChI is InChI=1S/C14H20N2O4S/c1-21(18,19)13-4-2-3-11(9-13)16-14(17)10-20-12-5-7-15-8-6-12/h2-4,9,12,15H,5-8,10H2,1H3,(H,16,17). The minimum atomic E-state index is -3.28. The minimum absolute atomic E-state index is 0.0201. The van der Waals surface area contributed by atoms with Gasteiger partial charge in [-0.25, -0.2) is 8.42 Å². The predicted molar refractivity (Wildman–Crippen MR) is 80.0 cm³/mol. The summed E-state index contributed by atoms with van der Waals surface area (Å²) in [4.78, 5) is 12.0. The summed E-state index contributed by atoms with van der Waals surface area (Å²) in [5.74, 6) is -0.279. The van der Waals surface area contributed by atoms with Crippen molar-refractivity contribution in [3.8, 4) is 0 Å². The van der Waals surface area contributed by atoms with Gasteiger partial charge in [0.05, 0.1) is 11.0 Å². The molecule has 116 valence electrons. The average molecular weight is 312 g/mol. The van der Waals surface area contributed by atoms with Gasteiger partial charge in [-0.15, -0.1) is 0 Å². The molecule has 0 radical (unpaired) electrons. The smallest absolute Gasteiger partial charge is 0.250 e. The molecule has 1 aromatic rings. The highest BCUT2D eigenvalue weighted by atomic mass is 32.2. The number of amides is 1. The van der Waals surface area contributed by atoms with Crippen LogP contribution in [0.3, 0.4) is 0 Å². The highest BCUT2D eigenvalue weighted by molar-refractivity contribution is 7.90. The minimum Gasteiger partial charge on any atom is -0.368 e. The molecule has 0 saturated carbocycles. The number of benzene rings is 1. The summed E-state index contributed by atoms with van der Waals surface area (Å²) in [7, 11) is -3.28. The molecule has 7 heteroatoms. The van der Waals surface area contributed by atoms with Crippen LogP contribution >= 0.6 is 0 Å². The molecule has 0 bridgehead atoms. The topological polar surface area (TPSA) is 84.5 Å². The zero-order valence-corrected chi connectivity index (χ0v) is 12.8. The second kappa shape index (κ2) is 7.02. The van der Waals surface area contributed by atoms with Crippen molar-refractivity contribution < 1.29 is 17.9 Å². The van der Waals surface area contributed by atoms with E-state index in [4.69, 9.17) is 4.74 Å². The molecule has 2 N–H and O–H groups in total. The molecule has 0 unspecified atom stereocenters. The van der Waals surface area contributed by atoms with Crippen molar-refractivity contribution >= 4 is 21.4 Å². The predicted octanol–water partition coefficient (Wildman–Crippen LogP) is 0.797. The lowest BCUT2D eigenvalue weighted by molar-refractivity contribution is -0.123. The lowest BCUT2D eigenvalue weighted by atomic mass is 10.1. The lowest BCUT2D eigenvalue weighted by Crippen LogP contribution is -2.34. The van der Waals surface area contributed by atoms with E-state index in [1.807, 2.05) is 0 Å². The molecule has 0 atom stereocenters. The zero-order chi connectivity index (χ0) is 15.3. The van der Waals surface area contributed by atoms with Crippen LogP contribution in [0.25, 0.3) is 0 Å². The molecule has 6 nitrogen and oxygen atoms in total. The molecule has 1 amide bonds. The van der Waals surface area contributed by atoms with E-state index in [-0.39, 0.29) is 23.5 Å². The Morgan fingerprint density at radius 1 is 1.38 bits per heavy atom. The molecule has 0 spiro atoms. The number of rotatable bonds is 5. The molecular weight excluding hydrogens is 292 g/mol. The summed E-state index contributed by atoms with van der Waals surface area (Å²) in [6.07, 6.45) is 3.04. The highest BCUT2D eigenvalue weighted by Crippen LogP contribution is 2.15. The van der Waals surface area contributed by atoms with E-state index in [0.29, 0.717) is 5.69 Å². The van der Waals surface area contributed by atoms with Crippen molar-refractivity contribution in [2.24, 2.45) is 0 Å². The average Bonchev–Trinajstić information content (AvgIpc) is 2.46. The summed E-state index contributed by atoms with van der Waals surface area (Å²) in [6.45, 7) is 1.79. The third-order valence-electron chi connectivity index (χ3n) is 3.28. The van der Waals surface area contributed by atoms with Crippen LogP contribution in [0, 0.1) is 0 Å². The number of anilines is 1. The first kappa shape index (κ1) is 15.9. The Hall–Kier alpha value is -1.44. The fourth-order valence-corrected chi connectivity index (χ4v) is 2.82. The molecule has 1 heterocycles. The number of carbonyl (C=O) groups excluding carboxylic acids is 1. The summed E-state index contributed by atoms with van der Waals surface area (Å²) in [5, 5.41) is 5.88. The maximum atomic E-state index is 11.8. The van der Waals surface area contributed by atoms with Crippen LogP contribution in [-0.2, 0) is 19.4 Å². The van der Waals surface area contributed by atoms with E-state index >= 15 is 0 Å². The van der Waals surface area contributed by atoms with Gasteiger partial charge in [0.25, 0.3) is 0 Å². The molecule has 0 aliphatic carbocycles. The first-order chi connectivity index (χ1) is 9.95. The molecule has 1 aliphatic rings. The second-order valence-electron chi connectivity index (χ2n) is 5.11. The van der Waals surface area contributed by atoms with Gasteiger partial charge in [-0.1, -0.05) is 6.07 Å². The summed E-state index contributed by atoms with van der Waals surface area (Å²) >= 11 is 0. The molecule has 1 aliphatic heterocycles. The largest absolute Gasteiger partial charge is 0.368 e. The first-order valence-corrected chi connectivity index (χ1v) is 8.76. The van der Waals surface area contributed by atoms with Crippen molar-refractivity contribution in [1.29, 1.82) is 0 Å². The molecule has 1 aromatic carbocycles. The van der Waals surface area contributed by atoms with Crippen LogP contribution in [0.2, 0.25) is 0 Å². The van der Waals surface area contributed by atoms with Crippen molar-refractivity contribution in [2.75, 3.05) is 31.3 Å². The Bertz CT molecular complexity index is 595. The van der Waals surface area contributed by atoms with Crippen LogP contribution in [-0.4, -0.2) is 46.4 Å². The fourth-order valence-electron chi connectivity index (χ4n) is 2.16. The van der Waals surface area contributed by atoms with Crippen LogP contribution in [0.15, 0.2) is 29.2 Å². The van der Waals surface area contributed by atoms with Gasteiger partial charge in [-0.2, -0.15) is 0 Å². The zero-order valence-electron chi connectivity index (χ0n) is 12.0. The number of carbonyl (C=O) groups is 1. The monoisotopic (exact) mass is 312 g/mol. The van der Waals surface area contributed by atoms with E-state index in [1.54, 1.807) is 12.1 Å². The van der Waals surface area contributed by atoms with Crippen LogP contribution < -0.4 is 10.6 Å². The molecule has 21 heavy (non-hydrogen) atoms. The highest BCUT2D eigenvalue weighted by Gasteiger charge is 2.15. The third kappa shape index (κ3) is 5.11. The molecule has 1 saturated heterocycles. The van der Waals surface area contributed by atoms with Gasteiger partial charge in [0.1, 0.15) is 6.61 Å². The molecular formula is C14H20N2O4S. The Labute approximate surface area is 124 Å². The van der Waals surface area contributed by atoms with Gasteiger partial charge in [0.15, 0.2) is 9.84 Å². The van der Waals surface area contributed by atoms with E-state index in [2.05, 4.69) is 10.6 Å². The summed E-state index contributed by atoms with van der Waals surface area (Å²) < 4.78 is 28.5. The molecule has 1 fully saturated rings. The Kier molecular flexibility index (Phi) is 5.33. The fraction of sp³-hybridized carbons (Fsp3) is 0.500. The summed E-state index contributed by atoms with van der Waals surface area (Å²) in [6, 6.07) is 6.19. The van der Waals surface area contributed by atoms with E-state index in [9.17, 15) is 13.2 Å². The Balaban J connectivity index is 1.87. The van der Waals surface area contributed by atoms with Crippen LogP contribution in [0.5, 0.6) is 0 Å². The number of hydrogen-bond acceptors (Lipinski definition) is 5. The number of nitrogens with one attached hydrogen (secondary N) is 2. The van der Waals surface area contributed by atoms with Crippen molar-refractivity contribution in [1.82, 2.24) is 5.32 Å². The SMILES string of the molecule is CS(=O)(=O)c1cccc(NC(=O)COC2CCNCC2)c1. The third-order valence-corrected chi connectivity index (χ3v) is 4.39.